The summed E-state index contributed by atoms with van der Waals surface area (Å²) < 4.78 is 0. The van der Waals surface area contributed by atoms with Crippen LogP contribution in [-0.2, 0) is 0 Å². The minimum absolute atomic E-state index is 0.415. The molecule has 0 saturated carbocycles. The lowest BCUT2D eigenvalue weighted by Gasteiger charge is -2.32. The van der Waals surface area contributed by atoms with Crippen molar-refractivity contribution in [1.82, 2.24) is 4.90 Å². The molecule has 1 heterocycles. The first-order valence-electron chi connectivity index (χ1n) is 6.13. The van der Waals surface area contributed by atoms with Gasteiger partial charge in [0.2, 0.25) is 0 Å². The van der Waals surface area contributed by atoms with Gasteiger partial charge in [0.25, 0.3) is 0 Å². The Labute approximate surface area is 104 Å². The van der Waals surface area contributed by atoms with Crippen LogP contribution in [0.5, 0.6) is 0 Å². The lowest BCUT2D eigenvalue weighted by atomic mass is 9.82. The first-order valence-corrected chi connectivity index (χ1v) is 7.25. The second-order valence-corrected chi connectivity index (χ2v) is 7.04. The van der Waals surface area contributed by atoms with Gasteiger partial charge in [0, 0.05) is 25.0 Å². The topological polar surface area (TPSA) is 3.24 Å². The number of rotatable bonds is 3. The minimum atomic E-state index is 0.415. The van der Waals surface area contributed by atoms with E-state index in [9.17, 15) is 0 Å². The van der Waals surface area contributed by atoms with E-state index in [4.69, 9.17) is 0 Å². The molecule has 1 nitrogen and oxygen atoms in total. The Morgan fingerprint density at radius 2 is 1.67 bits per heavy atom. The third-order valence-electron chi connectivity index (χ3n) is 3.95. The number of alkyl halides is 1. The molecule has 1 fully saturated rings. The SMILES string of the molecule is CC1CN(CC(CBr)C(C)(C)C)CC1C. The molecule has 2 heteroatoms. The Bertz CT molecular complexity index is 187. The molecule has 3 atom stereocenters. The maximum absolute atomic E-state index is 3.66. The zero-order valence-corrected chi connectivity index (χ0v) is 12.5. The summed E-state index contributed by atoms with van der Waals surface area (Å²) in [5.74, 6) is 2.51. The molecule has 1 saturated heterocycles. The van der Waals surface area contributed by atoms with Gasteiger partial charge in [-0.2, -0.15) is 0 Å². The summed E-state index contributed by atoms with van der Waals surface area (Å²) in [6, 6.07) is 0. The summed E-state index contributed by atoms with van der Waals surface area (Å²) in [7, 11) is 0. The molecule has 0 spiro atoms. The van der Waals surface area contributed by atoms with E-state index in [2.05, 4.69) is 55.4 Å². The molecular weight excluding hydrogens is 250 g/mol. The highest BCUT2D eigenvalue weighted by atomic mass is 79.9. The van der Waals surface area contributed by atoms with Gasteiger partial charge in [0.05, 0.1) is 0 Å². The predicted octanol–water partition coefficient (Wildman–Crippen LogP) is 3.63. The van der Waals surface area contributed by atoms with Crippen LogP contribution in [0.3, 0.4) is 0 Å². The molecule has 0 radical (unpaired) electrons. The van der Waals surface area contributed by atoms with E-state index in [0.717, 1.165) is 23.1 Å². The van der Waals surface area contributed by atoms with Crippen LogP contribution in [0, 0.1) is 23.2 Å². The summed E-state index contributed by atoms with van der Waals surface area (Å²) in [5.41, 5.74) is 0.415. The molecule has 3 unspecified atom stereocenters. The second-order valence-electron chi connectivity index (χ2n) is 6.39. The van der Waals surface area contributed by atoms with E-state index in [1.54, 1.807) is 0 Å². The Hall–Kier alpha value is 0.440. The van der Waals surface area contributed by atoms with Gasteiger partial charge in [-0.3, -0.25) is 0 Å². The maximum atomic E-state index is 3.66. The molecule has 0 N–H and O–H groups in total. The van der Waals surface area contributed by atoms with Crippen LogP contribution in [0.15, 0.2) is 0 Å². The highest BCUT2D eigenvalue weighted by molar-refractivity contribution is 9.09. The van der Waals surface area contributed by atoms with E-state index in [1.807, 2.05) is 0 Å². The first-order chi connectivity index (χ1) is 6.84. The highest BCUT2D eigenvalue weighted by Gasteiger charge is 2.31. The molecule has 1 aliphatic rings. The summed E-state index contributed by atoms with van der Waals surface area (Å²) in [6.07, 6.45) is 0. The molecule has 15 heavy (non-hydrogen) atoms. The van der Waals surface area contributed by atoms with Crippen LogP contribution in [-0.4, -0.2) is 29.9 Å². The fourth-order valence-corrected chi connectivity index (χ4v) is 3.44. The molecule has 1 rings (SSSR count). The molecule has 0 aromatic carbocycles. The maximum Gasteiger partial charge on any atom is 0.00768 e. The van der Waals surface area contributed by atoms with Gasteiger partial charge in [-0.25, -0.2) is 0 Å². The van der Waals surface area contributed by atoms with Gasteiger partial charge in [-0.15, -0.1) is 0 Å². The molecule has 0 aliphatic carbocycles. The predicted molar refractivity (Wildman–Crippen MR) is 71.5 cm³/mol. The highest BCUT2D eigenvalue weighted by Crippen LogP contribution is 2.31. The van der Waals surface area contributed by atoms with E-state index in [0.29, 0.717) is 5.41 Å². The first kappa shape index (κ1) is 13.5. The average Bonchev–Trinajstić information content (AvgIpc) is 2.40. The Morgan fingerprint density at radius 3 is 2.00 bits per heavy atom. The zero-order chi connectivity index (χ0) is 11.6. The van der Waals surface area contributed by atoms with Crippen molar-refractivity contribution in [2.45, 2.75) is 34.6 Å². The molecule has 1 aliphatic heterocycles. The quantitative estimate of drug-likeness (QED) is 0.711. The summed E-state index contributed by atoms with van der Waals surface area (Å²) in [6.45, 7) is 15.6. The monoisotopic (exact) mass is 275 g/mol. The molecule has 0 aromatic heterocycles. The fourth-order valence-electron chi connectivity index (χ4n) is 2.26. The largest absolute Gasteiger partial charge is 0.302 e. The molecule has 0 bridgehead atoms. The fraction of sp³-hybridized carbons (Fsp3) is 1.00. The van der Waals surface area contributed by atoms with Crippen molar-refractivity contribution >= 4 is 15.9 Å². The lowest BCUT2D eigenvalue weighted by Crippen LogP contribution is -2.35. The van der Waals surface area contributed by atoms with E-state index >= 15 is 0 Å². The molecule has 90 valence electrons. The van der Waals surface area contributed by atoms with Crippen LogP contribution in [0.2, 0.25) is 0 Å². The number of halogens is 1. The molecule has 0 aromatic rings. The third-order valence-corrected chi connectivity index (χ3v) is 4.73. The van der Waals surface area contributed by atoms with E-state index < -0.39 is 0 Å². The van der Waals surface area contributed by atoms with Gasteiger partial charge in [-0.05, 0) is 23.2 Å². The minimum Gasteiger partial charge on any atom is -0.302 e. The standard InChI is InChI=1S/C13H26BrN/c1-10-7-15(8-11(10)2)9-12(6-14)13(3,4)5/h10-12H,6-9H2,1-5H3. The van der Waals surface area contributed by atoms with Crippen molar-refractivity contribution in [2.75, 3.05) is 25.0 Å². The van der Waals surface area contributed by atoms with Crippen LogP contribution in [0.1, 0.15) is 34.6 Å². The van der Waals surface area contributed by atoms with E-state index in [-0.39, 0.29) is 0 Å². The Balaban J connectivity index is 2.47. The lowest BCUT2D eigenvalue weighted by molar-refractivity contribution is 0.183. The number of nitrogens with zero attached hydrogens (tertiary/aromatic N) is 1. The van der Waals surface area contributed by atoms with Gasteiger partial charge in [0.15, 0.2) is 0 Å². The smallest absolute Gasteiger partial charge is 0.00768 e. The molecule has 0 amide bonds. The van der Waals surface area contributed by atoms with Crippen molar-refractivity contribution in [1.29, 1.82) is 0 Å². The molecular formula is C13H26BrN. The van der Waals surface area contributed by atoms with Crippen LogP contribution >= 0.6 is 15.9 Å². The van der Waals surface area contributed by atoms with Crippen LogP contribution < -0.4 is 0 Å². The zero-order valence-electron chi connectivity index (χ0n) is 10.9. The Kier molecular flexibility index (Phi) is 4.66. The summed E-state index contributed by atoms with van der Waals surface area (Å²) in [5, 5.41) is 1.12. The summed E-state index contributed by atoms with van der Waals surface area (Å²) >= 11 is 3.66. The van der Waals surface area contributed by atoms with Gasteiger partial charge >= 0.3 is 0 Å². The van der Waals surface area contributed by atoms with Crippen molar-refractivity contribution in [2.24, 2.45) is 23.2 Å². The number of likely N-dealkylation sites (tertiary alicyclic amines) is 1. The third kappa shape index (κ3) is 3.74. The number of hydrogen-bond acceptors (Lipinski definition) is 1. The average molecular weight is 276 g/mol. The van der Waals surface area contributed by atoms with E-state index in [1.165, 1.54) is 19.6 Å². The summed E-state index contributed by atoms with van der Waals surface area (Å²) in [4.78, 5) is 2.65. The second kappa shape index (κ2) is 5.18. The van der Waals surface area contributed by atoms with Crippen molar-refractivity contribution in [3.8, 4) is 0 Å². The normalized spacial score (nSPS) is 30.8. The van der Waals surface area contributed by atoms with Crippen molar-refractivity contribution < 1.29 is 0 Å². The van der Waals surface area contributed by atoms with Gasteiger partial charge < -0.3 is 4.90 Å². The van der Waals surface area contributed by atoms with Gasteiger partial charge in [0.1, 0.15) is 0 Å². The Morgan fingerprint density at radius 1 is 1.20 bits per heavy atom. The van der Waals surface area contributed by atoms with Crippen LogP contribution in [0.4, 0.5) is 0 Å². The van der Waals surface area contributed by atoms with Crippen molar-refractivity contribution in [3.05, 3.63) is 0 Å². The van der Waals surface area contributed by atoms with Gasteiger partial charge in [-0.1, -0.05) is 50.5 Å². The van der Waals surface area contributed by atoms with Crippen LogP contribution in [0.25, 0.3) is 0 Å². The van der Waals surface area contributed by atoms with Crippen molar-refractivity contribution in [3.63, 3.8) is 0 Å². The number of hydrogen-bond donors (Lipinski definition) is 0.